The fraction of sp³-hybridized carbons (Fsp3) is 0. The van der Waals surface area contributed by atoms with E-state index in [2.05, 4.69) is 18.2 Å². The molecule has 0 saturated heterocycles. The third-order valence-electron chi connectivity index (χ3n) is 4.21. The third-order valence-corrected chi connectivity index (χ3v) is 4.21. The van der Waals surface area contributed by atoms with Crippen LogP contribution in [0.2, 0.25) is 0 Å². The van der Waals surface area contributed by atoms with Crippen molar-refractivity contribution in [1.82, 2.24) is 0 Å². The second-order valence-corrected chi connectivity index (χ2v) is 5.90. The lowest BCUT2D eigenvalue weighted by Crippen LogP contribution is -1.83. The Balaban J connectivity index is 0.000000129. The van der Waals surface area contributed by atoms with Gasteiger partial charge in [0.15, 0.2) is 0 Å². The Morgan fingerprint density at radius 1 is 0.731 bits per heavy atom. The Kier molecular flexibility index (Phi) is 4.34. The monoisotopic (exact) mass is 337 g/mol. The van der Waals surface area contributed by atoms with Crippen LogP contribution in [0.15, 0.2) is 102 Å². The molecule has 1 aliphatic rings. The van der Waals surface area contributed by atoms with E-state index in [4.69, 9.17) is 4.42 Å². The molecule has 0 bridgehead atoms. The number of hydrogen-bond acceptors (Lipinski definition) is 2. The van der Waals surface area contributed by atoms with E-state index in [0.29, 0.717) is 5.75 Å². The first kappa shape index (κ1) is 15.9. The van der Waals surface area contributed by atoms with Crippen LogP contribution in [0.1, 0.15) is 5.56 Å². The number of rotatable bonds is 1. The molecule has 0 spiro atoms. The quantitative estimate of drug-likeness (QED) is 0.414. The van der Waals surface area contributed by atoms with Crippen molar-refractivity contribution in [2.75, 3.05) is 0 Å². The number of phenols is 1. The van der Waals surface area contributed by atoms with Crippen molar-refractivity contribution in [1.29, 1.82) is 0 Å². The summed E-state index contributed by atoms with van der Waals surface area (Å²) < 4.78 is 5.65. The lowest BCUT2D eigenvalue weighted by Gasteiger charge is -1.99. The van der Waals surface area contributed by atoms with Gasteiger partial charge in [-0.3, -0.25) is 0 Å². The Morgan fingerprint density at radius 2 is 1.35 bits per heavy atom. The minimum absolute atomic E-state index is 0.308. The van der Waals surface area contributed by atoms with Crippen molar-refractivity contribution in [3.05, 3.63) is 109 Å². The minimum Gasteiger partial charge on any atom is -0.506 e. The second-order valence-electron chi connectivity index (χ2n) is 5.90. The van der Waals surface area contributed by atoms with E-state index < -0.39 is 0 Å². The van der Waals surface area contributed by atoms with E-state index in [1.54, 1.807) is 6.07 Å². The van der Waals surface area contributed by atoms with Crippen molar-refractivity contribution in [2.24, 2.45) is 0 Å². The molecule has 1 aromatic heterocycles. The summed E-state index contributed by atoms with van der Waals surface area (Å²) in [6.07, 6.45) is 10.5. The molecule has 0 aliphatic heterocycles. The van der Waals surface area contributed by atoms with Crippen molar-refractivity contribution in [3.8, 4) is 5.75 Å². The first-order chi connectivity index (χ1) is 12.8. The Morgan fingerprint density at radius 3 is 1.96 bits per heavy atom. The largest absolute Gasteiger partial charge is 0.506 e. The number of allylic oxidation sites excluding steroid dienone is 6. The van der Waals surface area contributed by atoms with Gasteiger partial charge in [0.25, 0.3) is 0 Å². The number of hydrogen-bond donors (Lipinski definition) is 1. The fourth-order valence-electron chi connectivity index (χ4n) is 2.95. The lowest BCUT2D eigenvalue weighted by atomic mass is 10.0. The van der Waals surface area contributed by atoms with Gasteiger partial charge in [-0.25, -0.2) is 0 Å². The van der Waals surface area contributed by atoms with Crippen LogP contribution in [0.3, 0.4) is 0 Å². The topological polar surface area (TPSA) is 33.4 Å². The number of aromatic hydroxyl groups is 1. The van der Waals surface area contributed by atoms with Crippen molar-refractivity contribution >= 4 is 27.5 Å². The smallest absolute Gasteiger partial charge is 0.136 e. The minimum atomic E-state index is 0.308. The molecule has 1 heterocycles. The van der Waals surface area contributed by atoms with Gasteiger partial charge in [0.2, 0.25) is 0 Å². The Hall–Kier alpha value is -3.61. The van der Waals surface area contributed by atoms with Crippen LogP contribution in [0, 0.1) is 6.08 Å². The van der Waals surface area contributed by atoms with E-state index in [-0.39, 0.29) is 0 Å². The predicted octanol–water partition coefficient (Wildman–Crippen LogP) is 6.29. The maximum Gasteiger partial charge on any atom is 0.136 e. The summed E-state index contributed by atoms with van der Waals surface area (Å²) in [6, 6.07) is 23.5. The molecule has 3 aromatic carbocycles. The number of para-hydroxylation sites is 3. The van der Waals surface area contributed by atoms with Gasteiger partial charge in [0.1, 0.15) is 29.1 Å². The number of benzene rings is 3. The molecule has 0 amide bonds. The van der Waals surface area contributed by atoms with Crippen LogP contribution in [-0.4, -0.2) is 5.11 Å². The SMILES string of the molecule is Oc1ccccc1C1=CC=C[C+]=C1.c1ccc2c(c1)oc1ccccc12. The predicted molar refractivity (Wildman–Crippen MR) is 107 cm³/mol. The van der Waals surface area contributed by atoms with Crippen LogP contribution >= 0.6 is 0 Å². The van der Waals surface area contributed by atoms with Gasteiger partial charge >= 0.3 is 0 Å². The van der Waals surface area contributed by atoms with Gasteiger partial charge in [0.05, 0.1) is 17.2 Å². The van der Waals surface area contributed by atoms with Crippen LogP contribution < -0.4 is 0 Å². The molecule has 0 saturated carbocycles. The van der Waals surface area contributed by atoms with Gasteiger partial charge in [-0.2, -0.15) is 0 Å². The first-order valence-corrected chi connectivity index (χ1v) is 8.44. The van der Waals surface area contributed by atoms with Gasteiger partial charge in [-0.1, -0.05) is 48.5 Å². The van der Waals surface area contributed by atoms with Gasteiger partial charge < -0.3 is 9.52 Å². The van der Waals surface area contributed by atoms with Crippen molar-refractivity contribution in [3.63, 3.8) is 0 Å². The van der Waals surface area contributed by atoms with Crippen molar-refractivity contribution in [2.45, 2.75) is 0 Å². The molecule has 26 heavy (non-hydrogen) atoms. The molecule has 0 fully saturated rings. The molecule has 0 atom stereocenters. The molecule has 1 aliphatic carbocycles. The van der Waals surface area contributed by atoms with Gasteiger partial charge in [-0.15, -0.1) is 0 Å². The maximum atomic E-state index is 9.55. The standard InChI is InChI=1S/2C12H8O/c1-3-7-11-9(5-1)10-6-2-4-8-12(10)13-11;13-12-9-5-4-8-11(12)10-6-2-1-3-7-10/h1-8H;1-2,4-9H/p+1. The number of fused-ring (bicyclic) bond motifs is 3. The average Bonchev–Trinajstić information content (AvgIpc) is 3.08. The molecule has 0 unspecified atom stereocenters. The summed E-state index contributed by atoms with van der Waals surface area (Å²) in [5.41, 5.74) is 3.76. The third kappa shape index (κ3) is 3.14. The summed E-state index contributed by atoms with van der Waals surface area (Å²) in [5, 5.41) is 11.9. The summed E-state index contributed by atoms with van der Waals surface area (Å²) in [6.45, 7) is 0. The highest BCUT2D eigenvalue weighted by Gasteiger charge is 2.10. The van der Waals surface area contributed by atoms with Crippen LogP contribution in [-0.2, 0) is 0 Å². The molecular formula is C24H17O2+. The molecule has 0 radical (unpaired) electrons. The van der Waals surface area contributed by atoms with E-state index >= 15 is 0 Å². The highest BCUT2D eigenvalue weighted by atomic mass is 16.3. The van der Waals surface area contributed by atoms with Crippen LogP contribution in [0.4, 0.5) is 0 Å². The van der Waals surface area contributed by atoms with E-state index in [0.717, 1.165) is 22.3 Å². The van der Waals surface area contributed by atoms with E-state index in [9.17, 15) is 5.11 Å². The highest BCUT2D eigenvalue weighted by Crippen LogP contribution is 2.28. The molecule has 1 N–H and O–H groups in total. The van der Waals surface area contributed by atoms with Crippen molar-refractivity contribution < 1.29 is 9.52 Å². The van der Waals surface area contributed by atoms with Crippen LogP contribution in [0.5, 0.6) is 5.75 Å². The molecule has 4 aromatic rings. The summed E-state index contributed by atoms with van der Waals surface area (Å²) in [4.78, 5) is 0. The summed E-state index contributed by atoms with van der Waals surface area (Å²) >= 11 is 0. The lowest BCUT2D eigenvalue weighted by molar-refractivity contribution is 0.473. The Labute approximate surface area is 152 Å². The van der Waals surface area contributed by atoms with Crippen LogP contribution in [0.25, 0.3) is 27.5 Å². The summed E-state index contributed by atoms with van der Waals surface area (Å²) in [5.74, 6) is 0.308. The molecule has 2 nitrogen and oxygen atoms in total. The molecule has 124 valence electrons. The van der Waals surface area contributed by atoms with Gasteiger partial charge in [-0.05, 0) is 24.3 Å². The molecular weight excluding hydrogens is 320 g/mol. The fourth-order valence-corrected chi connectivity index (χ4v) is 2.95. The normalized spacial score (nSPS) is 12.4. The first-order valence-electron chi connectivity index (χ1n) is 8.44. The molecule has 5 rings (SSSR count). The zero-order valence-electron chi connectivity index (χ0n) is 14.1. The second kappa shape index (κ2) is 7.10. The number of phenolic OH excluding ortho intramolecular Hbond substituents is 1. The van der Waals surface area contributed by atoms with Gasteiger partial charge in [0, 0.05) is 22.9 Å². The highest BCUT2D eigenvalue weighted by molar-refractivity contribution is 6.04. The summed E-state index contributed by atoms with van der Waals surface area (Å²) in [7, 11) is 0. The maximum absolute atomic E-state index is 9.55. The average molecular weight is 337 g/mol. The number of furan rings is 1. The molecule has 2 heteroatoms. The zero-order valence-corrected chi connectivity index (χ0v) is 14.1. The Bertz CT molecular complexity index is 1090. The zero-order chi connectivity index (χ0) is 17.8. The van der Waals surface area contributed by atoms with E-state index in [1.807, 2.05) is 78.9 Å². The van der Waals surface area contributed by atoms with E-state index in [1.165, 1.54) is 10.8 Å².